The molecule has 2 atom stereocenters. The maximum atomic E-state index is 4.63. The molecule has 1 heterocycles. The van der Waals surface area contributed by atoms with Crippen molar-refractivity contribution in [3.8, 4) is 0 Å². The van der Waals surface area contributed by atoms with Crippen LogP contribution in [0.3, 0.4) is 0 Å². The molecule has 4 heteroatoms. The van der Waals surface area contributed by atoms with E-state index in [4.69, 9.17) is 0 Å². The molecule has 114 valence electrons. The van der Waals surface area contributed by atoms with E-state index in [-0.39, 0.29) is 5.54 Å². The lowest BCUT2D eigenvalue weighted by Crippen LogP contribution is -2.38. The largest absolute Gasteiger partial charge is 0.348 e. The van der Waals surface area contributed by atoms with Gasteiger partial charge in [0.05, 0.1) is 0 Å². The lowest BCUT2D eigenvalue weighted by Gasteiger charge is -2.36. The molecule has 0 aromatic carbocycles. The van der Waals surface area contributed by atoms with Crippen LogP contribution < -0.4 is 10.2 Å². The smallest absolute Gasteiger partial charge is 0.185 e. The third-order valence-electron chi connectivity index (χ3n) is 4.20. The fourth-order valence-electron chi connectivity index (χ4n) is 2.91. The molecular formula is C16H29N3S. The van der Waals surface area contributed by atoms with Crippen molar-refractivity contribution in [1.82, 2.24) is 10.3 Å². The topological polar surface area (TPSA) is 28.2 Å². The number of anilines is 1. The van der Waals surface area contributed by atoms with Gasteiger partial charge in [-0.05, 0) is 39.5 Å². The summed E-state index contributed by atoms with van der Waals surface area (Å²) >= 11 is 1.83. The van der Waals surface area contributed by atoms with Gasteiger partial charge in [-0.1, -0.05) is 19.8 Å². The van der Waals surface area contributed by atoms with Crippen LogP contribution in [0.1, 0.15) is 58.3 Å². The van der Waals surface area contributed by atoms with Crippen LogP contribution in [-0.2, 0) is 6.54 Å². The Morgan fingerprint density at radius 3 is 2.70 bits per heavy atom. The Morgan fingerprint density at radius 1 is 1.35 bits per heavy atom. The molecule has 1 N–H and O–H groups in total. The van der Waals surface area contributed by atoms with Crippen molar-refractivity contribution in [2.45, 2.75) is 71.5 Å². The Hall–Kier alpha value is -0.610. The van der Waals surface area contributed by atoms with Gasteiger partial charge in [0, 0.05) is 36.2 Å². The van der Waals surface area contributed by atoms with Crippen LogP contribution in [0.2, 0.25) is 0 Å². The zero-order valence-corrected chi connectivity index (χ0v) is 14.4. The Morgan fingerprint density at radius 2 is 2.05 bits per heavy atom. The fourth-order valence-corrected chi connectivity index (χ4v) is 3.78. The number of hydrogen-bond acceptors (Lipinski definition) is 4. The van der Waals surface area contributed by atoms with Gasteiger partial charge < -0.3 is 10.2 Å². The first-order valence-corrected chi connectivity index (χ1v) is 8.61. The first kappa shape index (κ1) is 15.8. The van der Waals surface area contributed by atoms with Crippen molar-refractivity contribution in [2.24, 2.45) is 5.92 Å². The van der Waals surface area contributed by atoms with Gasteiger partial charge >= 0.3 is 0 Å². The first-order chi connectivity index (χ1) is 9.37. The molecule has 2 rings (SSSR count). The van der Waals surface area contributed by atoms with Crippen molar-refractivity contribution >= 4 is 16.5 Å². The molecule has 0 bridgehead atoms. The lowest BCUT2D eigenvalue weighted by atomic mass is 9.85. The van der Waals surface area contributed by atoms with E-state index in [1.807, 2.05) is 17.5 Å². The van der Waals surface area contributed by atoms with Crippen LogP contribution in [0.25, 0.3) is 0 Å². The zero-order chi connectivity index (χ0) is 14.8. The van der Waals surface area contributed by atoms with E-state index in [2.05, 4.69) is 49.9 Å². The summed E-state index contributed by atoms with van der Waals surface area (Å²) < 4.78 is 0. The molecule has 1 aliphatic carbocycles. The number of nitrogens with one attached hydrogen (secondary N) is 1. The Labute approximate surface area is 127 Å². The molecule has 20 heavy (non-hydrogen) atoms. The van der Waals surface area contributed by atoms with Gasteiger partial charge in [-0.2, -0.15) is 0 Å². The zero-order valence-electron chi connectivity index (χ0n) is 13.6. The van der Waals surface area contributed by atoms with E-state index in [0.29, 0.717) is 6.04 Å². The molecule has 0 radical (unpaired) electrons. The van der Waals surface area contributed by atoms with Crippen molar-refractivity contribution in [3.05, 3.63) is 11.1 Å². The van der Waals surface area contributed by atoms with E-state index in [0.717, 1.165) is 12.5 Å². The minimum Gasteiger partial charge on any atom is -0.348 e. The van der Waals surface area contributed by atoms with Gasteiger partial charge in [0.1, 0.15) is 0 Å². The number of rotatable bonds is 4. The second kappa shape index (κ2) is 6.44. The van der Waals surface area contributed by atoms with Gasteiger partial charge in [0.25, 0.3) is 0 Å². The maximum absolute atomic E-state index is 4.63. The van der Waals surface area contributed by atoms with Crippen LogP contribution in [-0.4, -0.2) is 23.6 Å². The summed E-state index contributed by atoms with van der Waals surface area (Å²) in [5.74, 6) is 0.786. The Bertz CT molecular complexity index is 422. The predicted octanol–water partition coefficient (Wildman–Crippen LogP) is 4.05. The molecular weight excluding hydrogens is 266 g/mol. The monoisotopic (exact) mass is 295 g/mol. The van der Waals surface area contributed by atoms with E-state index in [1.165, 1.54) is 35.7 Å². The molecule has 0 saturated heterocycles. The van der Waals surface area contributed by atoms with Crippen LogP contribution in [0.15, 0.2) is 6.20 Å². The second-order valence-electron chi connectivity index (χ2n) is 7.15. The molecule has 0 spiro atoms. The average Bonchev–Trinajstić information content (AvgIpc) is 2.84. The van der Waals surface area contributed by atoms with E-state index >= 15 is 0 Å². The predicted molar refractivity (Wildman–Crippen MR) is 88.5 cm³/mol. The first-order valence-electron chi connectivity index (χ1n) is 7.79. The molecule has 1 fully saturated rings. The minimum atomic E-state index is 0.161. The van der Waals surface area contributed by atoms with Gasteiger partial charge in [0.15, 0.2) is 5.13 Å². The van der Waals surface area contributed by atoms with Crippen LogP contribution in [0.4, 0.5) is 5.13 Å². The van der Waals surface area contributed by atoms with Crippen molar-refractivity contribution in [1.29, 1.82) is 0 Å². The number of hydrogen-bond donors (Lipinski definition) is 1. The van der Waals surface area contributed by atoms with Gasteiger partial charge in [0.2, 0.25) is 0 Å². The second-order valence-corrected chi connectivity index (χ2v) is 8.25. The minimum absolute atomic E-state index is 0.161. The summed E-state index contributed by atoms with van der Waals surface area (Å²) in [5.41, 5.74) is 0.161. The van der Waals surface area contributed by atoms with Crippen LogP contribution >= 0.6 is 11.3 Å². The highest BCUT2D eigenvalue weighted by molar-refractivity contribution is 7.15. The molecule has 0 amide bonds. The highest BCUT2D eigenvalue weighted by Crippen LogP contribution is 2.32. The molecule has 1 saturated carbocycles. The summed E-state index contributed by atoms with van der Waals surface area (Å²) in [7, 11) is 2.21. The van der Waals surface area contributed by atoms with E-state index in [1.54, 1.807) is 0 Å². The molecule has 1 aromatic heterocycles. The van der Waals surface area contributed by atoms with Gasteiger partial charge in [-0.3, -0.25) is 0 Å². The summed E-state index contributed by atoms with van der Waals surface area (Å²) in [4.78, 5) is 8.37. The average molecular weight is 295 g/mol. The lowest BCUT2D eigenvalue weighted by molar-refractivity contribution is 0.321. The van der Waals surface area contributed by atoms with Crippen LogP contribution in [0, 0.1) is 5.92 Å². The number of nitrogens with zero attached hydrogens (tertiary/aromatic N) is 2. The third kappa shape index (κ3) is 4.19. The SMILES string of the molecule is CC1CCCCC1N(C)c1ncc(CNC(C)(C)C)s1. The normalized spacial score (nSPS) is 23.9. The summed E-state index contributed by atoms with van der Waals surface area (Å²) in [6.45, 7) is 9.89. The van der Waals surface area contributed by atoms with E-state index < -0.39 is 0 Å². The summed E-state index contributed by atoms with van der Waals surface area (Å²) in [6.07, 6.45) is 7.46. The van der Waals surface area contributed by atoms with Crippen molar-refractivity contribution in [3.63, 3.8) is 0 Å². The van der Waals surface area contributed by atoms with Crippen molar-refractivity contribution < 1.29 is 0 Å². The van der Waals surface area contributed by atoms with Crippen molar-refractivity contribution in [2.75, 3.05) is 11.9 Å². The highest BCUT2D eigenvalue weighted by Gasteiger charge is 2.26. The van der Waals surface area contributed by atoms with Crippen LogP contribution in [0.5, 0.6) is 0 Å². The maximum Gasteiger partial charge on any atom is 0.185 e. The van der Waals surface area contributed by atoms with Gasteiger partial charge in [-0.25, -0.2) is 4.98 Å². The Balaban J connectivity index is 1.97. The van der Waals surface area contributed by atoms with E-state index in [9.17, 15) is 0 Å². The highest BCUT2D eigenvalue weighted by atomic mass is 32.1. The molecule has 0 aliphatic heterocycles. The molecule has 2 unspecified atom stereocenters. The fraction of sp³-hybridized carbons (Fsp3) is 0.812. The summed E-state index contributed by atoms with van der Waals surface area (Å²) in [5, 5.41) is 4.71. The number of thiazole rings is 1. The van der Waals surface area contributed by atoms with Gasteiger partial charge in [-0.15, -0.1) is 11.3 Å². The molecule has 3 nitrogen and oxygen atoms in total. The Kier molecular flexibility index (Phi) is 5.08. The summed E-state index contributed by atoms with van der Waals surface area (Å²) in [6, 6.07) is 0.665. The standard InChI is InChI=1S/C16H29N3S/c1-12-8-6-7-9-14(12)19(5)15-17-10-13(20-15)11-18-16(2,3)4/h10,12,14,18H,6-9,11H2,1-5H3. The molecule has 1 aromatic rings. The quantitative estimate of drug-likeness (QED) is 0.908. The molecule has 1 aliphatic rings. The number of aromatic nitrogens is 1. The third-order valence-corrected chi connectivity index (χ3v) is 5.29.